The molecule has 0 spiro atoms. The third-order valence-electron chi connectivity index (χ3n) is 4.70. The van der Waals surface area contributed by atoms with Gasteiger partial charge in [-0.15, -0.1) is 0 Å². The summed E-state index contributed by atoms with van der Waals surface area (Å²) < 4.78 is 0. The molecule has 2 rings (SSSR count). The van der Waals surface area contributed by atoms with Crippen molar-refractivity contribution >= 4 is 18.9 Å². The topological polar surface area (TPSA) is 119 Å². The van der Waals surface area contributed by atoms with E-state index in [1.165, 1.54) is 6.92 Å². The Morgan fingerprint density at radius 1 is 0.933 bits per heavy atom. The number of rotatable bonds is 9. The number of benzene rings is 2. The normalized spacial score (nSPS) is 14.0. The number of carbonyl (C=O) groups is 2. The second-order valence-electron chi connectivity index (χ2n) is 7.80. The minimum atomic E-state index is -1.75. The summed E-state index contributed by atoms with van der Waals surface area (Å²) in [6, 6.07) is 15.3. The summed E-state index contributed by atoms with van der Waals surface area (Å²) in [5.41, 5.74) is 2.14. The molecule has 3 atom stereocenters. The van der Waals surface area contributed by atoms with Crippen molar-refractivity contribution in [3.63, 3.8) is 0 Å². The van der Waals surface area contributed by atoms with E-state index in [2.05, 4.69) is 10.6 Å². The summed E-state index contributed by atoms with van der Waals surface area (Å²) >= 11 is 0. The standard InChI is InChI=1S/C22H29BN2O5/c1-14(2)12-19(23(29)30)24-22(28)20(15(3)26)25-21(27)18-11-7-10-17(13-18)16-8-5-4-6-9-16/h4-11,13-15,19-20,26,29-30H,12H2,1-3H3,(H,24,28)(H,25,27)/t15-,19+,20+/m1/s1. The van der Waals surface area contributed by atoms with Crippen molar-refractivity contribution in [2.24, 2.45) is 5.92 Å². The molecule has 0 bridgehead atoms. The molecule has 0 heterocycles. The fourth-order valence-electron chi connectivity index (χ4n) is 3.14. The molecule has 2 aromatic rings. The maximum atomic E-state index is 12.7. The van der Waals surface area contributed by atoms with Crippen LogP contribution in [0, 0.1) is 5.92 Å². The van der Waals surface area contributed by atoms with Crippen LogP contribution in [0.3, 0.4) is 0 Å². The summed E-state index contributed by atoms with van der Waals surface area (Å²) in [6.07, 6.45) is -0.843. The van der Waals surface area contributed by atoms with E-state index in [1.807, 2.05) is 50.2 Å². The molecule has 0 aliphatic rings. The highest BCUT2D eigenvalue weighted by molar-refractivity contribution is 6.43. The fraction of sp³-hybridized carbons (Fsp3) is 0.364. The maximum absolute atomic E-state index is 12.7. The van der Waals surface area contributed by atoms with Gasteiger partial charge in [0.25, 0.3) is 5.91 Å². The highest BCUT2D eigenvalue weighted by Crippen LogP contribution is 2.20. The lowest BCUT2D eigenvalue weighted by atomic mass is 9.75. The second-order valence-corrected chi connectivity index (χ2v) is 7.80. The lowest BCUT2D eigenvalue weighted by Crippen LogP contribution is -2.57. The van der Waals surface area contributed by atoms with Crippen LogP contribution in [0.4, 0.5) is 0 Å². The zero-order chi connectivity index (χ0) is 22.3. The number of hydrogen-bond acceptors (Lipinski definition) is 5. The maximum Gasteiger partial charge on any atom is 0.475 e. The Balaban J connectivity index is 2.14. The van der Waals surface area contributed by atoms with Gasteiger partial charge in [-0.05, 0) is 42.5 Å². The van der Waals surface area contributed by atoms with Crippen molar-refractivity contribution in [2.75, 3.05) is 0 Å². The van der Waals surface area contributed by atoms with Crippen LogP contribution < -0.4 is 10.6 Å². The van der Waals surface area contributed by atoms with Crippen LogP contribution in [0.2, 0.25) is 0 Å². The first-order chi connectivity index (χ1) is 14.2. The summed E-state index contributed by atoms with van der Waals surface area (Å²) in [5.74, 6) is -2.00. The Morgan fingerprint density at radius 3 is 2.13 bits per heavy atom. The molecule has 8 heteroatoms. The monoisotopic (exact) mass is 412 g/mol. The summed E-state index contributed by atoms with van der Waals surface area (Å²) in [5, 5.41) is 34.1. The van der Waals surface area contributed by atoms with Gasteiger partial charge >= 0.3 is 7.12 Å². The molecule has 0 radical (unpaired) electrons. The van der Waals surface area contributed by atoms with Gasteiger partial charge in [0.2, 0.25) is 5.91 Å². The molecule has 2 aromatic carbocycles. The van der Waals surface area contributed by atoms with E-state index in [0.717, 1.165) is 11.1 Å². The van der Waals surface area contributed by atoms with Crippen molar-refractivity contribution in [3.05, 3.63) is 60.2 Å². The molecule has 30 heavy (non-hydrogen) atoms. The quantitative estimate of drug-likeness (QED) is 0.399. The largest absolute Gasteiger partial charge is 0.475 e. The first-order valence-corrected chi connectivity index (χ1v) is 10.00. The van der Waals surface area contributed by atoms with E-state index >= 15 is 0 Å². The SMILES string of the molecule is CC(C)C[C@H](NC(=O)[C@@H](NC(=O)c1cccc(-c2ccccc2)c1)[C@@H](C)O)B(O)O. The molecule has 0 aliphatic carbocycles. The molecular weight excluding hydrogens is 383 g/mol. The first-order valence-electron chi connectivity index (χ1n) is 10.00. The number of aliphatic hydroxyl groups is 1. The Morgan fingerprint density at radius 2 is 1.57 bits per heavy atom. The molecular formula is C22H29BN2O5. The highest BCUT2D eigenvalue weighted by atomic mass is 16.4. The van der Waals surface area contributed by atoms with E-state index in [9.17, 15) is 24.7 Å². The molecule has 7 nitrogen and oxygen atoms in total. The Kier molecular flexibility index (Phi) is 8.59. The van der Waals surface area contributed by atoms with E-state index < -0.39 is 37.0 Å². The van der Waals surface area contributed by atoms with Gasteiger partial charge in [0.1, 0.15) is 6.04 Å². The molecule has 5 N–H and O–H groups in total. The number of nitrogens with one attached hydrogen (secondary N) is 2. The molecule has 0 aliphatic heterocycles. The van der Waals surface area contributed by atoms with E-state index in [1.54, 1.807) is 18.2 Å². The summed E-state index contributed by atoms with van der Waals surface area (Å²) in [6.45, 7) is 5.15. The lowest BCUT2D eigenvalue weighted by Gasteiger charge is -2.25. The Labute approximate surface area is 177 Å². The summed E-state index contributed by atoms with van der Waals surface area (Å²) in [4.78, 5) is 25.4. The zero-order valence-corrected chi connectivity index (χ0v) is 17.4. The van der Waals surface area contributed by atoms with Crippen LogP contribution in [0.1, 0.15) is 37.6 Å². The van der Waals surface area contributed by atoms with Gasteiger partial charge in [-0.1, -0.05) is 56.3 Å². The predicted molar refractivity (Wildman–Crippen MR) is 116 cm³/mol. The highest BCUT2D eigenvalue weighted by Gasteiger charge is 2.32. The van der Waals surface area contributed by atoms with Crippen LogP contribution in [0.15, 0.2) is 54.6 Å². The molecule has 160 valence electrons. The number of aliphatic hydroxyl groups excluding tert-OH is 1. The van der Waals surface area contributed by atoms with Crippen LogP contribution >= 0.6 is 0 Å². The second kappa shape index (κ2) is 10.9. The van der Waals surface area contributed by atoms with E-state index in [0.29, 0.717) is 12.0 Å². The number of hydrogen-bond donors (Lipinski definition) is 5. The summed E-state index contributed by atoms with van der Waals surface area (Å²) in [7, 11) is -1.75. The minimum absolute atomic E-state index is 0.109. The molecule has 2 amide bonds. The Bertz CT molecular complexity index is 842. The third-order valence-corrected chi connectivity index (χ3v) is 4.70. The minimum Gasteiger partial charge on any atom is -0.426 e. The number of amides is 2. The van der Waals surface area contributed by atoms with E-state index in [4.69, 9.17) is 0 Å². The molecule has 0 unspecified atom stereocenters. The first kappa shape index (κ1) is 23.6. The molecule has 0 aromatic heterocycles. The van der Waals surface area contributed by atoms with Crippen LogP contribution in [-0.2, 0) is 4.79 Å². The Hall–Kier alpha value is -2.68. The average Bonchev–Trinajstić information content (AvgIpc) is 2.71. The smallest absolute Gasteiger partial charge is 0.426 e. The predicted octanol–water partition coefficient (Wildman–Crippen LogP) is 1.38. The zero-order valence-electron chi connectivity index (χ0n) is 17.4. The van der Waals surface area contributed by atoms with Crippen LogP contribution in [-0.4, -0.2) is 52.2 Å². The van der Waals surface area contributed by atoms with Crippen molar-refractivity contribution in [2.45, 2.75) is 45.3 Å². The van der Waals surface area contributed by atoms with Crippen molar-refractivity contribution in [1.29, 1.82) is 0 Å². The van der Waals surface area contributed by atoms with Gasteiger partial charge in [0.15, 0.2) is 0 Å². The third kappa shape index (κ3) is 6.69. The van der Waals surface area contributed by atoms with Gasteiger partial charge in [-0.2, -0.15) is 0 Å². The van der Waals surface area contributed by atoms with E-state index in [-0.39, 0.29) is 5.92 Å². The van der Waals surface area contributed by atoms with Gasteiger partial charge in [0.05, 0.1) is 12.0 Å². The van der Waals surface area contributed by atoms with Crippen molar-refractivity contribution in [3.8, 4) is 11.1 Å². The fourth-order valence-corrected chi connectivity index (χ4v) is 3.14. The average molecular weight is 412 g/mol. The van der Waals surface area contributed by atoms with Crippen LogP contribution in [0.25, 0.3) is 11.1 Å². The van der Waals surface area contributed by atoms with Crippen molar-refractivity contribution < 1.29 is 24.7 Å². The molecule has 0 saturated carbocycles. The van der Waals surface area contributed by atoms with Gasteiger partial charge in [-0.25, -0.2) is 0 Å². The van der Waals surface area contributed by atoms with Crippen molar-refractivity contribution in [1.82, 2.24) is 10.6 Å². The molecule has 0 fully saturated rings. The van der Waals surface area contributed by atoms with Gasteiger partial charge in [0, 0.05) is 5.56 Å². The molecule has 0 saturated heterocycles. The number of carbonyl (C=O) groups excluding carboxylic acids is 2. The van der Waals surface area contributed by atoms with Crippen LogP contribution in [0.5, 0.6) is 0 Å². The van der Waals surface area contributed by atoms with Gasteiger partial charge in [-0.3, -0.25) is 9.59 Å². The van der Waals surface area contributed by atoms with Gasteiger partial charge < -0.3 is 25.8 Å². The lowest BCUT2D eigenvalue weighted by molar-refractivity contribution is -0.125.